The molecule has 134 valence electrons. The molecule has 3 rings (SSSR count). The van der Waals surface area contributed by atoms with Crippen LogP contribution in [0.3, 0.4) is 0 Å². The molecule has 1 heterocycles. The molecule has 2 aromatic carbocycles. The highest BCUT2D eigenvalue weighted by Gasteiger charge is 2.19. The van der Waals surface area contributed by atoms with E-state index in [1.165, 1.54) is 0 Å². The Hall–Kier alpha value is -1.92. The fraction of sp³-hybridized carbons (Fsp3) is 0.333. The Morgan fingerprint density at radius 3 is 2.64 bits per heavy atom. The smallest absolute Gasteiger partial charge is 0.179 e. The van der Waals surface area contributed by atoms with E-state index in [4.69, 9.17) is 25.8 Å². The van der Waals surface area contributed by atoms with Crippen LogP contribution in [0.5, 0.6) is 17.2 Å². The number of hydrogen-bond acceptors (Lipinski definition) is 5. The van der Waals surface area contributed by atoms with E-state index >= 15 is 0 Å². The zero-order valence-corrected chi connectivity index (χ0v) is 15.4. The van der Waals surface area contributed by atoms with Crippen molar-refractivity contribution in [3.05, 3.63) is 52.5 Å². The van der Waals surface area contributed by atoms with Crippen molar-refractivity contribution in [2.45, 2.75) is 17.9 Å². The molecule has 0 amide bonds. The molecule has 0 spiro atoms. The lowest BCUT2D eigenvalue weighted by Gasteiger charge is -2.12. The third kappa shape index (κ3) is 4.58. The summed E-state index contributed by atoms with van der Waals surface area (Å²) in [4.78, 5) is 0. The van der Waals surface area contributed by atoms with Gasteiger partial charge in [-0.3, -0.25) is 0 Å². The average molecular weight is 383 g/mol. The topological polar surface area (TPSA) is 61.8 Å². The van der Waals surface area contributed by atoms with Crippen LogP contribution in [0.15, 0.2) is 36.4 Å². The van der Waals surface area contributed by atoms with Crippen molar-refractivity contribution in [2.75, 3.05) is 20.3 Å². The first-order chi connectivity index (χ1) is 12.0. The highest BCUT2D eigenvalue weighted by Crippen LogP contribution is 2.38. The second-order valence-electron chi connectivity index (χ2n) is 5.84. The second-order valence-corrected chi connectivity index (χ2v) is 8.31. The summed E-state index contributed by atoms with van der Waals surface area (Å²) in [6.07, 6.45) is 0.758. The Kier molecular flexibility index (Phi) is 5.39. The first-order valence-electron chi connectivity index (χ1n) is 7.88. The standard InChI is InChI=1S/C18H19ClO5S/c1-22-15-5-2-4-13(8-15)11-25(20,21)12-14-9-16(19)18-17(10-14)23-6-3-7-24-18/h2,4-5,8-10H,3,6-7,11-12H2,1H3. The van der Waals surface area contributed by atoms with Gasteiger partial charge in [-0.1, -0.05) is 23.7 Å². The summed E-state index contributed by atoms with van der Waals surface area (Å²) in [5.41, 5.74) is 1.26. The summed E-state index contributed by atoms with van der Waals surface area (Å²) in [5.74, 6) is 1.41. The van der Waals surface area contributed by atoms with Gasteiger partial charge in [0.25, 0.3) is 0 Å². The van der Waals surface area contributed by atoms with Crippen molar-refractivity contribution in [1.29, 1.82) is 0 Å². The van der Waals surface area contributed by atoms with Gasteiger partial charge >= 0.3 is 0 Å². The Balaban J connectivity index is 1.80. The summed E-state index contributed by atoms with van der Waals surface area (Å²) in [5, 5.41) is 0.367. The number of benzene rings is 2. The minimum atomic E-state index is -3.38. The molecule has 5 nitrogen and oxygen atoms in total. The predicted molar refractivity (Wildman–Crippen MR) is 96.4 cm³/mol. The monoisotopic (exact) mass is 382 g/mol. The lowest BCUT2D eigenvalue weighted by molar-refractivity contribution is 0.297. The molecule has 25 heavy (non-hydrogen) atoms. The molecule has 0 saturated heterocycles. The lowest BCUT2D eigenvalue weighted by Crippen LogP contribution is -2.08. The van der Waals surface area contributed by atoms with Crippen LogP contribution in [-0.4, -0.2) is 28.7 Å². The minimum Gasteiger partial charge on any atom is -0.497 e. The van der Waals surface area contributed by atoms with Gasteiger partial charge in [-0.15, -0.1) is 0 Å². The number of hydrogen-bond donors (Lipinski definition) is 0. The van der Waals surface area contributed by atoms with E-state index in [-0.39, 0.29) is 11.5 Å². The van der Waals surface area contributed by atoms with Crippen LogP contribution in [0.25, 0.3) is 0 Å². The van der Waals surface area contributed by atoms with Crippen molar-refractivity contribution in [3.8, 4) is 17.2 Å². The number of halogens is 1. The summed E-state index contributed by atoms with van der Waals surface area (Å²) < 4.78 is 41.4. The quantitative estimate of drug-likeness (QED) is 0.790. The maximum atomic E-state index is 12.6. The first kappa shape index (κ1) is 17.9. The summed E-state index contributed by atoms with van der Waals surface area (Å²) >= 11 is 6.23. The zero-order chi connectivity index (χ0) is 17.9. The number of sulfone groups is 1. The molecule has 0 N–H and O–H groups in total. The molecule has 1 aliphatic heterocycles. The average Bonchev–Trinajstić information content (AvgIpc) is 2.80. The van der Waals surface area contributed by atoms with Crippen LogP contribution in [-0.2, 0) is 21.3 Å². The summed E-state index contributed by atoms with van der Waals surface area (Å²) in [6.45, 7) is 1.05. The first-order valence-corrected chi connectivity index (χ1v) is 10.1. The van der Waals surface area contributed by atoms with E-state index in [2.05, 4.69) is 0 Å². The molecule has 0 bridgehead atoms. The maximum absolute atomic E-state index is 12.6. The maximum Gasteiger partial charge on any atom is 0.179 e. The van der Waals surface area contributed by atoms with Crippen molar-refractivity contribution in [2.24, 2.45) is 0 Å². The van der Waals surface area contributed by atoms with Gasteiger partial charge in [-0.2, -0.15) is 0 Å². The molecule has 2 aromatic rings. The molecule has 0 unspecified atom stereocenters. The third-order valence-corrected chi connectivity index (χ3v) is 5.60. The van der Waals surface area contributed by atoms with Crippen molar-refractivity contribution >= 4 is 21.4 Å². The fourth-order valence-electron chi connectivity index (χ4n) is 2.69. The molecule has 1 aliphatic rings. The van der Waals surface area contributed by atoms with E-state index in [0.29, 0.717) is 46.6 Å². The van der Waals surface area contributed by atoms with Gasteiger partial charge in [0.1, 0.15) is 5.75 Å². The van der Waals surface area contributed by atoms with Crippen LogP contribution in [0.2, 0.25) is 5.02 Å². The van der Waals surface area contributed by atoms with E-state index in [9.17, 15) is 8.42 Å². The highest BCUT2D eigenvalue weighted by atomic mass is 35.5. The molecule has 0 aliphatic carbocycles. The number of ether oxygens (including phenoxy) is 3. The largest absolute Gasteiger partial charge is 0.497 e. The van der Waals surface area contributed by atoms with Gasteiger partial charge in [0, 0.05) is 6.42 Å². The predicted octanol–water partition coefficient (Wildman–Crippen LogP) is 3.62. The highest BCUT2D eigenvalue weighted by molar-refractivity contribution is 7.89. The zero-order valence-electron chi connectivity index (χ0n) is 13.8. The van der Waals surface area contributed by atoms with E-state index in [0.717, 1.165) is 6.42 Å². The van der Waals surface area contributed by atoms with E-state index < -0.39 is 9.84 Å². The van der Waals surface area contributed by atoms with Gasteiger partial charge < -0.3 is 14.2 Å². The van der Waals surface area contributed by atoms with Gasteiger partial charge in [-0.05, 0) is 35.4 Å². The molecular formula is C18H19ClO5S. The Morgan fingerprint density at radius 2 is 1.84 bits per heavy atom. The van der Waals surface area contributed by atoms with Crippen LogP contribution in [0.4, 0.5) is 0 Å². The SMILES string of the molecule is COc1cccc(CS(=O)(=O)Cc2cc(Cl)c3c(c2)OCCCO3)c1. The van der Waals surface area contributed by atoms with Crippen LogP contribution >= 0.6 is 11.6 Å². The van der Waals surface area contributed by atoms with Crippen molar-refractivity contribution < 1.29 is 22.6 Å². The van der Waals surface area contributed by atoms with Crippen molar-refractivity contribution in [3.63, 3.8) is 0 Å². The normalized spacial score (nSPS) is 14.0. The molecule has 0 aromatic heterocycles. The second kappa shape index (κ2) is 7.54. The van der Waals surface area contributed by atoms with E-state index in [1.54, 1.807) is 43.5 Å². The van der Waals surface area contributed by atoms with Crippen LogP contribution in [0, 0.1) is 0 Å². The number of rotatable bonds is 5. The van der Waals surface area contributed by atoms with E-state index in [1.807, 2.05) is 0 Å². The van der Waals surface area contributed by atoms with Crippen LogP contribution in [0.1, 0.15) is 17.5 Å². The molecular weight excluding hydrogens is 364 g/mol. The Bertz CT molecular complexity index is 864. The number of methoxy groups -OCH3 is 1. The minimum absolute atomic E-state index is 0.0732. The van der Waals surface area contributed by atoms with Gasteiger partial charge in [0.15, 0.2) is 21.3 Å². The molecule has 0 fully saturated rings. The van der Waals surface area contributed by atoms with Crippen LogP contribution < -0.4 is 14.2 Å². The van der Waals surface area contributed by atoms with Gasteiger partial charge in [0.2, 0.25) is 0 Å². The molecule has 0 radical (unpaired) electrons. The molecule has 7 heteroatoms. The van der Waals surface area contributed by atoms with Gasteiger partial charge in [-0.25, -0.2) is 8.42 Å². The third-order valence-electron chi connectivity index (χ3n) is 3.77. The lowest BCUT2D eigenvalue weighted by atomic mass is 10.2. The molecule has 0 saturated carbocycles. The summed E-state index contributed by atoms with van der Waals surface area (Å²) in [6, 6.07) is 10.3. The Labute approximate surface area is 152 Å². The van der Waals surface area contributed by atoms with Crippen molar-refractivity contribution in [1.82, 2.24) is 0 Å². The summed E-state index contributed by atoms with van der Waals surface area (Å²) in [7, 11) is -1.83. The van der Waals surface area contributed by atoms with Gasteiger partial charge in [0.05, 0.1) is 36.9 Å². The fourth-order valence-corrected chi connectivity index (χ4v) is 4.44. The number of fused-ring (bicyclic) bond motifs is 1. The molecule has 0 atom stereocenters. The Morgan fingerprint density at radius 1 is 1.08 bits per heavy atom.